The van der Waals surface area contributed by atoms with Gasteiger partial charge in [0.05, 0.1) is 24.7 Å². The summed E-state index contributed by atoms with van der Waals surface area (Å²) in [4.78, 5) is 10.8. The van der Waals surface area contributed by atoms with Crippen LogP contribution in [0, 0.1) is 10.1 Å². The molecule has 0 unspecified atom stereocenters. The summed E-state index contributed by atoms with van der Waals surface area (Å²) in [6.07, 6.45) is -3.24. The molecule has 0 saturated carbocycles. The summed E-state index contributed by atoms with van der Waals surface area (Å²) in [5.41, 5.74) is 1.97. The molecule has 9 nitrogen and oxygen atoms in total. The summed E-state index contributed by atoms with van der Waals surface area (Å²) in [5.74, 6) is 0.409. The lowest BCUT2D eigenvalue weighted by atomic mass is 9.98. The molecule has 4 rings (SSSR count). The molecule has 1 heterocycles. The highest BCUT2D eigenvalue weighted by Crippen LogP contribution is 2.38. The summed E-state index contributed by atoms with van der Waals surface area (Å²) in [6, 6.07) is 25.7. The molecular weight excluding hydrogens is 566 g/mol. The number of nitrogens with zero attached hydrogens (tertiary/aromatic N) is 1. The van der Waals surface area contributed by atoms with E-state index in [0.29, 0.717) is 19.0 Å². The minimum Gasteiger partial charge on any atom is -0.462 e. The monoisotopic (exact) mass is 609 g/mol. The van der Waals surface area contributed by atoms with Crippen molar-refractivity contribution in [2.45, 2.75) is 82.8 Å². The highest BCUT2D eigenvalue weighted by atomic mass is 28.4. The predicted octanol–water partition coefficient (Wildman–Crippen LogP) is 6.91. The number of hydrogen-bond acceptors (Lipinski definition) is 8. The third-order valence-corrected chi connectivity index (χ3v) is 12.6. The van der Waals surface area contributed by atoms with Crippen LogP contribution in [0.5, 0.6) is 5.75 Å². The fourth-order valence-corrected chi connectivity index (χ4v) is 5.59. The topological polar surface area (TPSA) is 98.5 Å². The average molecular weight is 610 g/mol. The van der Waals surface area contributed by atoms with Crippen molar-refractivity contribution in [2.24, 2.45) is 0 Å². The first-order chi connectivity index (χ1) is 20.5. The average Bonchev–Trinajstić information content (AvgIpc) is 2.99. The molecule has 5 atom stereocenters. The van der Waals surface area contributed by atoms with Gasteiger partial charge in [-0.2, -0.15) is 0 Å². The van der Waals surface area contributed by atoms with Gasteiger partial charge in [-0.25, -0.2) is 0 Å². The Hall–Kier alpha value is -3.12. The van der Waals surface area contributed by atoms with Crippen LogP contribution in [-0.2, 0) is 36.6 Å². The number of non-ortho nitro benzene ring substituents is 1. The fourth-order valence-electron chi connectivity index (χ4n) is 4.57. The fraction of sp³-hybridized carbons (Fsp3) is 0.455. The zero-order chi connectivity index (χ0) is 31.0. The molecule has 3 aromatic rings. The van der Waals surface area contributed by atoms with E-state index >= 15 is 0 Å². The summed E-state index contributed by atoms with van der Waals surface area (Å²) in [6.45, 7) is 11.9. The molecule has 0 N–H and O–H groups in total. The van der Waals surface area contributed by atoms with E-state index in [1.54, 1.807) is 19.2 Å². The van der Waals surface area contributed by atoms with E-state index in [1.165, 1.54) is 12.1 Å². The van der Waals surface area contributed by atoms with Crippen molar-refractivity contribution in [3.8, 4) is 5.75 Å². The highest BCUT2D eigenvalue weighted by molar-refractivity contribution is 6.74. The van der Waals surface area contributed by atoms with Gasteiger partial charge in [-0.3, -0.25) is 10.1 Å². The predicted molar refractivity (Wildman–Crippen MR) is 166 cm³/mol. The van der Waals surface area contributed by atoms with Crippen LogP contribution >= 0.6 is 0 Å². The maximum absolute atomic E-state index is 11.2. The highest BCUT2D eigenvalue weighted by Gasteiger charge is 2.50. The van der Waals surface area contributed by atoms with Gasteiger partial charge in [0.1, 0.15) is 30.2 Å². The maximum Gasteiger partial charge on any atom is 0.269 e. The Bertz CT molecular complexity index is 1280. The maximum atomic E-state index is 11.2. The Morgan fingerprint density at radius 2 is 1.35 bits per heavy atom. The largest absolute Gasteiger partial charge is 0.462 e. The van der Waals surface area contributed by atoms with Gasteiger partial charge in [-0.1, -0.05) is 81.4 Å². The summed E-state index contributed by atoms with van der Waals surface area (Å²) >= 11 is 0. The number of nitro groups is 1. The number of hydrogen-bond donors (Lipinski definition) is 0. The van der Waals surface area contributed by atoms with Crippen molar-refractivity contribution in [1.29, 1.82) is 0 Å². The Morgan fingerprint density at radius 3 is 1.84 bits per heavy atom. The summed E-state index contributed by atoms with van der Waals surface area (Å²) in [7, 11) is -0.512. The van der Waals surface area contributed by atoms with Crippen molar-refractivity contribution in [1.82, 2.24) is 0 Å². The zero-order valence-electron chi connectivity index (χ0n) is 25.8. The quantitative estimate of drug-likeness (QED) is 0.117. The summed E-state index contributed by atoms with van der Waals surface area (Å²) in [5, 5.41) is 11.2. The van der Waals surface area contributed by atoms with Crippen molar-refractivity contribution in [2.75, 3.05) is 13.7 Å². The molecule has 0 radical (unpaired) electrons. The smallest absolute Gasteiger partial charge is 0.269 e. The first-order valence-electron chi connectivity index (χ1n) is 14.5. The second-order valence-electron chi connectivity index (χ2n) is 12.2. The van der Waals surface area contributed by atoms with Crippen LogP contribution in [0.4, 0.5) is 5.69 Å². The van der Waals surface area contributed by atoms with Gasteiger partial charge < -0.3 is 28.1 Å². The van der Waals surface area contributed by atoms with Crippen molar-refractivity contribution in [3.63, 3.8) is 0 Å². The van der Waals surface area contributed by atoms with Crippen molar-refractivity contribution in [3.05, 3.63) is 106 Å². The molecule has 3 aromatic carbocycles. The van der Waals surface area contributed by atoms with Gasteiger partial charge in [0.2, 0.25) is 6.29 Å². The number of rotatable bonds is 13. The Balaban J connectivity index is 1.64. The normalized spacial score (nSPS) is 22.7. The van der Waals surface area contributed by atoms with E-state index < -0.39 is 43.9 Å². The van der Waals surface area contributed by atoms with Gasteiger partial charge in [0.15, 0.2) is 8.32 Å². The molecule has 0 aromatic heterocycles. The summed E-state index contributed by atoms with van der Waals surface area (Å²) < 4.78 is 38.6. The molecule has 0 aliphatic carbocycles. The molecule has 1 aliphatic heterocycles. The molecule has 1 aliphatic rings. The lowest BCUT2D eigenvalue weighted by molar-refractivity contribution is -0.384. The molecule has 1 fully saturated rings. The third-order valence-electron chi connectivity index (χ3n) is 8.15. The van der Waals surface area contributed by atoms with E-state index in [1.807, 2.05) is 60.7 Å². The minimum atomic E-state index is -2.14. The van der Waals surface area contributed by atoms with Crippen molar-refractivity contribution < 1.29 is 33.0 Å². The second kappa shape index (κ2) is 14.6. The molecular formula is C33H43NO8Si. The molecule has 232 valence electrons. The Labute approximate surface area is 255 Å². The lowest BCUT2D eigenvalue weighted by Gasteiger charge is -2.46. The van der Waals surface area contributed by atoms with Crippen LogP contribution in [0.3, 0.4) is 0 Å². The van der Waals surface area contributed by atoms with Gasteiger partial charge >= 0.3 is 0 Å². The molecule has 10 heteroatoms. The van der Waals surface area contributed by atoms with Crippen molar-refractivity contribution >= 4 is 14.0 Å². The van der Waals surface area contributed by atoms with Crippen LogP contribution in [0.1, 0.15) is 31.9 Å². The molecule has 1 saturated heterocycles. The minimum absolute atomic E-state index is 0.00129. The number of benzene rings is 3. The first kappa shape index (κ1) is 32.8. The number of ether oxygens (including phenoxy) is 5. The zero-order valence-corrected chi connectivity index (χ0v) is 26.8. The third kappa shape index (κ3) is 8.72. The SMILES string of the molecule is CO[C@H]1[C@@H](OCc2ccccc2)[C@@H](CO[Si](C)(C)C(C)(C)C)O[C@@H](Oc2ccc([N+](=O)[O-])cc2)[C@@H]1OCc1ccccc1. The lowest BCUT2D eigenvalue weighted by Crippen LogP contribution is -2.63. The van der Waals surface area contributed by atoms with Crippen LogP contribution in [0.15, 0.2) is 84.9 Å². The van der Waals surface area contributed by atoms with Crippen LogP contribution < -0.4 is 4.74 Å². The molecule has 43 heavy (non-hydrogen) atoms. The standard InChI is InChI=1S/C33H43NO8Si/c1-33(2,3)43(5,6)40-23-28-29(38-21-24-13-9-7-10-14-24)30(37-4)31(39-22-25-15-11-8-12-16-25)32(42-28)41-27-19-17-26(18-20-27)34(35)36/h7-20,28-32H,21-23H2,1-6H3/t28-,29+,30+,31-,32-/m1/s1. The van der Waals surface area contributed by atoms with E-state index in [2.05, 4.69) is 33.9 Å². The van der Waals surface area contributed by atoms with Crippen LogP contribution in [0.25, 0.3) is 0 Å². The van der Waals surface area contributed by atoms with Gasteiger partial charge in [-0.15, -0.1) is 0 Å². The first-order valence-corrected chi connectivity index (χ1v) is 17.4. The number of nitro benzene ring substituents is 1. The van der Waals surface area contributed by atoms with E-state index in [4.69, 9.17) is 28.1 Å². The van der Waals surface area contributed by atoms with Crippen LogP contribution in [0.2, 0.25) is 18.1 Å². The van der Waals surface area contributed by atoms with Crippen LogP contribution in [-0.4, -0.2) is 57.7 Å². The molecule has 0 bridgehead atoms. The second-order valence-corrected chi connectivity index (χ2v) is 17.0. The Morgan fingerprint density at radius 1 is 0.814 bits per heavy atom. The van der Waals surface area contributed by atoms with Gasteiger partial charge in [0.25, 0.3) is 5.69 Å². The van der Waals surface area contributed by atoms with Gasteiger partial charge in [-0.05, 0) is 41.4 Å². The van der Waals surface area contributed by atoms with E-state index in [-0.39, 0.29) is 17.3 Å². The molecule has 0 spiro atoms. The van der Waals surface area contributed by atoms with Gasteiger partial charge in [0, 0.05) is 19.2 Å². The molecule has 0 amide bonds. The number of methoxy groups -OCH3 is 1. The van der Waals surface area contributed by atoms with E-state index in [0.717, 1.165) is 11.1 Å². The Kier molecular flexibility index (Phi) is 11.1. The van der Waals surface area contributed by atoms with E-state index in [9.17, 15) is 10.1 Å².